The van der Waals surface area contributed by atoms with Crippen molar-refractivity contribution in [2.24, 2.45) is 5.73 Å². The summed E-state index contributed by atoms with van der Waals surface area (Å²) in [6, 6.07) is 0. The van der Waals surface area contributed by atoms with E-state index in [4.69, 9.17) is 5.73 Å². The van der Waals surface area contributed by atoms with Crippen LogP contribution in [0.4, 0.5) is 5.13 Å². The molecule has 15 heavy (non-hydrogen) atoms. The quantitative estimate of drug-likeness (QED) is 0.840. The Hall–Kier alpha value is -0.610. The second-order valence-electron chi connectivity index (χ2n) is 4.63. The smallest absolute Gasteiger partial charge is 0.185 e. The minimum absolute atomic E-state index is 0.150. The Morgan fingerprint density at radius 3 is 2.53 bits per heavy atom. The first-order chi connectivity index (χ1) is 7.12. The van der Waals surface area contributed by atoms with E-state index in [-0.39, 0.29) is 5.54 Å². The summed E-state index contributed by atoms with van der Waals surface area (Å²) >= 11 is 1.68. The zero-order chi connectivity index (χ0) is 10.9. The van der Waals surface area contributed by atoms with Crippen LogP contribution in [0.3, 0.4) is 0 Å². The van der Waals surface area contributed by atoms with Crippen LogP contribution in [0.2, 0.25) is 0 Å². The maximum atomic E-state index is 6.42. The number of rotatable bonds is 2. The second-order valence-corrected chi connectivity index (χ2v) is 5.46. The summed E-state index contributed by atoms with van der Waals surface area (Å²) in [5, 5.41) is 3.18. The fourth-order valence-electron chi connectivity index (χ4n) is 2.14. The van der Waals surface area contributed by atoms with E-state index < -0.39 is 0 Å². The van der Waals surface area contributed by atoms with Gasteiger partial charge in [0.15, 0.2) is 5.13 Å². The number of nitrogens with zero attached hydrogens (tertiary/aromatic N) is 2. The lowest BCUT2D eigenvalue weighted by molar-refractivity contribution is 0.296. The minimum Gasteiger partial charge on any atom is -0.354 e. The van der Waals surface area contributed by atoms with Crippen molar-refractivity contribution in [3.8, 4) is 0 Å². The summed E-state index contributed by atoms with van der Waals surface area (Å²) in [7, 11) is 4.04. The van der Waals surface area contributed by atoms with E-state index in [1.54, 1.807) is 11.3 Å². The molecule has 0 bridgehead atoms. The van der Waals surface area contributed by atoms with Gasteiger partial charge < -0.3 is 10.6 Å². The van der Waals surface area contributed by atoms with Gasteiger partial charge in [0, 0.05) is 19.5 Å². The highest BCUT2D eigenvalue weighted by molar-refractivity contribution is 7.13. The van der Waals surface area contributed by atoms with E-state index >= 15 is 0 Å². The van der Waals surface area contributed by atoms with Crippen molar-refractivity contribution in [2.45, 2.75) is 37.6 Å². The number of thiazole rings is 1. The lowest BCUT2D eigenvalue weighted by atomic mass is 9.81. The zero-order valence-electron chi connectivity index (χ0n) is 9.49. The summed E-state index contributed by atoms with van der Waals surface area (Å²) < 4.78 is 0. The zero-order valence-corrected chi connectivity index (χ0v) is 10.3. The van der Waals surface area contributed by atoms with Gasteiger partial charge in [-0.2, -0.15) is 0 Å². The fraction of sp³-hybridized carbons (Fsp3) is 0.727. The van der Waals surface area contributed by atoms with E-state index in [9.17, 15) is 0 Å². The Kier molecular flexibility index (Phi) is 2.98. The van der Waals surface area contributed by atoms with E-state index in [0.29, 0.717) is 0 Å². The largest absolute Gasteiger partial charge is 0.354 e. The van der Waals surface area contributed by atoms with Gasteiger partial charge in [0.05, 0.1) is 11.2 Å². The Bertz CT molecular complexity index is 326. The molecule has 0 spiro atoms. The van der Waals surface area contributed by atoms with E-state index in [1.807, 2.05) is 19.0 Å². The van der Waals surface area contributed by atoms with Gasteiger partial charge in [0.1, 0.15) is 0 Å². The van der Waals surface area contributed by atoms with E-state index in [2.05, 4.69) is 10.4 Å². The van der Waals surface area contributed by atoms with Crippen molar-refractivity contribution >= 4 is 16.5 Å². The predicted octanol–water partition coefficient (Wildman–Crippen LogP) is 2.33. The predicted molar refractivity (Wildman–Crippen MR) is 65.4 cm³/mol. The van der Waals surface area contributed by atoms with Crippen molar-refractivity contribution in [3.05, 3.63) is 11.1 Å². The van der Waals surface area contributed by atoms with Crippen molar-refractivity contribution in [1.82, 2.24) is 4.98 Å². The van der Waals surface area contributed by atoms with Crippen LogP contribution in [0, 0.1) is 0 Å². The van der Waals surface area contributed by atoms with Crippen LogP contribution < -0.4 is 10.6 Å². The lowest BCUT2D eigenvalue weighted by Crippen LogP contribution is -2.39. The third-order valence-corrected chi connectivity index (χ3v) is 4.14. The monoisotopic (exact) mass is 225 g/mol. The molecule has 0 unspecified atom stereocenters. The van der Waals surface area contributed by atoms with Gasteiger partial charge in [0.25, 0.3) is 0 Å². The Morgan fingerprint density at radius 2 is 2.00 bits per heavy atom. The van der Waals surface area contributed by atoms with Crippen molar-refractivity contribution < 1.29 is 0 Å². The lowest BCUT2D eigenvalue weighted by Gasteiger charge is -2.31. The van der Waals surface area contributed by atoms with Crippen LogP contribution in [-0.2, 0) is 5.54 Å². The SMILES string of the molecule is CN(C)c1nc(C2(N)CCCCC2)cs1. The highest BCUT2D eigenvalue weighted by Crippen LogP contribution is 2.36. The summed E-state index contributed by atoms with van der Waals surface area (Å²) in [5.41, 5.74) is 7.36. The standard InChI is InChI=1S/C11H19N3S/c1-14(2)10-13-9(8-15-10)11(12)6-4-3-5-7-11/h8H,3-7,12H2,1-2H3. The van der Waals surface area contributed by atoms with E-state index in [0.717, 1.165) is 23.7 Å². The van der Waals surface area contributed by atoms with Crippen LogP contribution >= 0.6 is 11.3 Å². The second kappa shape index (κ2) is 4.10. The Morgan fingerprint density at radius 1 is 1.33 bits per heavy atom. The van der Waals surface area contributed by atoms with Crippen LogP contribution in [0.5, 0.6) is 0 Å². The third-order valence-electron chi connectivity index (χ3n) is 3.13. The normalized spacial score (nSPS) is 20.2. The maximum absolute atomic E-state index is 6.42. The molecule has 0 amide bonds. The summed E-state index contributed by atoms with van der Waals surface area (Å²) in [6.45, 7) is 0. The number of hydrogen-bond donors (Lipinski definition) is 1. The Balaban J connectivity index is 2.20. The molecule has 1 aliphatic rings. The van der Waals surface area contributed by atoms with Gasteiger partial charge in [-0.25, -0.2) is 4.98 Å². The average molecular weight is 225 g/mol. The molecule has 0 radical (unpaired) electrons. The van der Waals surface area contributed by atoms with E-state index in [1.165, 1.54) is 19.3 Å². The van der Waals surface area contributed by atoms with Gasteiger partial charge in [-0.15, -0.1) is 11.3 Å². The number of nitrogens with two attached hydrogens (primary N) is 1. The molecule has 0 saturated heterocycles. The highest BCUT2D eigenvalue weighted by atomic mass is 32.1. The van der Waals surface area contributed by atoms with Crippen molar-refractivity contribution in [3.63, 3.8) is 0 Å². The van der Waals surface area contributed by atoms with Gasteiger partial charge in [0.2, 0.25) is 0 Å². The summed E-state index contributed by atoms with van der Waals surface area (Å²) in [5.74, 6) is 0. The van der Waals surface area contributed by atoms with Crippen LogP contribution in [0.25, 0.3) is 0 Å². The van der Waals surface area contributed by atoms with Gasteiger partial charge in [-0.05, 0) is 12.8 Å². The first kappa shape index (κ1) is 10.9. The first-order valence-corrected chi connectivity index (χ1v) is 6.42. The minimum atomic E-state index is -0.150. The van der Waals surface area contributed by atoms with Crippen LogP contribution in [0.15, 0.2) is 5.38 Å². The molecule has 1 heterocycles. The summed E-state index contributed by atoms with van der Waals surface area (Å²) in [6.07, 6.45) is 5.98. The molecule has 1 fully saturated rings. The maximum Gasteiger partial charge on any atom is 0.185 e. The molecule has 4 heteroatoms. The average Bonchev–Trinajstić information content (AvgIpc) is 2.68. The topological polar surface area (TPSA) is 42.2 Å². The van der Waals surface area contributed by atoms with Gasteiger partial charge in [-0.1, -0.05) is 19.3 Å². The summed E-state index contributed by atoms with van der Waals surface area (Å²) in [4.78, 5) is 6.67. The third kappa shape index (κ3) is 2.16. The molecule has 2 N–H and O–H groups in total. The molecular weight excluding hydrogens is 206 g/mol. The molecule has 2 rings (SSSR count). The molecule has 1 aliphatic carbocycles. The van der Waals surface area contributed by atoms with Gasteiger partial charge >= 0.3 is 0 Å². The molecule has 3 nitrogen and oxygen atoms in total. The van der Waals surface area contributed by atoms with Crippen molar-refractivity contribution in [1.29, 1.82) is 0 Å². The van der Waals surface area contributed by atoms with Crippen molar-refractivity contribution in [2.75, 3.05) is 19.0 Å². The molecule has 0 aromatic carbocycles. The molecular formula is C11H19N3S. The van der Waals surface area contributed by atoms with Crippen LogP contribution in [-0.4, -0.2) is 19.1 Å². The molecule has 1 aromatic heterocycles. The first-order valence-electron chi connectivity index (χ1n) is 5.54. The molecule has 1 aromatic rings. The number of aromatic nitrogens is 1. The molecule has 1 saturated carbocycles. The number of anilines is 1. The molecule has 0 aliphatic heterocycles. The number of hydrogen-bond acceptors (Lipinski definition) is 4. The van der Waals surface area contributed by atoms with Crippen LogP contribution in [0.1, 0.15) is 37.8 Å². The highest BCUT2D eigenvalue weighted by Gasteiger charge is 2.31. The Labute approximate surface area is 95.3 Å². The molecule has 0 atom stereocenters. The molecule has 84 valence electrons. The van der Waals surface area contributed by atoms with Gasteiger partial charge in [-0.3, -0.25) is 0 Å². The fourth-order valence-corrected chi connectivity index (χ4v) is 3.00.